The van der Waals surface area contributed by atoms with Crippen molar-refractivity contribution in [2.75, 3.05) is 16.8 Å². The quantitative estimate of drug-likeness (QED) is 0.729. The number of fused-ring (bicyclic) bond motifs is 1. The van der Waals surface area contributed by atoms with Crippen LogP contribution in [0.15, 0.2) is 36.4 Å². The van der Waals surface area contributed by atoms with Gasteiger partial charge in [-0.05, 0) is 55.3 Å². The van der Waals surface area contributed by atoms with Crippen LogP contribution in [0, 0.1) is 18.6 Å². The highest BCUT2D eigenvalue weighted by Gasteiger charge is 2.24. The lowest BCUT2D eigenvalue weighted by atomic mass is 10.1. The van der Waals surface area contributed by atoms with E-state index in [2.05, 4.69) is 10.3 Å². The molecule has 2 heterocycles. The van der Waals surface area contributed by atoms with E-state index in [1.807, 2.05) is 0 Å². The number of rotatable bonds is 3. The van der Waals surface area contributed by atoms with Crippen molar-refractivity contribution in [3.8, 4) is 0 Å². The highest BCUT2D eigenvalue weighted by Crippen LogP contribution is 2.27. The fourth-order valence-corrected chi connectivity index (χ4v) is 3.40. The van der Waals surface area contributed by atoms with E-state index in [1.54, 1.807) is 19.1 Å². The van der Waals surface area contributed by atoms with Gasteiger partial charge >= 0.3 is 0 Å². The van der Waals surface area contributed by atoms with Gasteiger partial charge in [-0.2, -0.15) is 0 Å². The number of benzene rings is 2. The molecule has 0 saturated carbocycles. The summed E-state index contributed by atoms with van der Waals surface area (Å²) in [4.78, 5) is 28.5. The summed E-state index contributed by atoms with van der Waals surface area (Å²) < 4.78 is 27.9. The minimum atomic E-state index is -0.572. The van der Waals surface area contributed by atoms with E-state index in [0.717, 1.165) is 5.39 Å². The summed E-state index contributed by atoms with van der Waals surface area (Å²) in [5.41, 5.74) is 1.97. The van der Waals surface area contributed by atoms with E-state index in [0.29, 0.717) is 30.5 Å². The Morgan fingerprint density at radius 2 is 2.00 bits per heavy atom. The van der Waals surface area contributed by atoms with Crippen LogP contribution in [0.25, 0.3) is 10.9 Å². The predicted molar refractivity (Wildman–Crippen MR) is 98.9 cm³/mol. The lowest BCUT2D eigenvalue weighted by Crippen LogP contribution is -2.24. The van der Waals surface area contributed by atoms with Crippen molar-refractivity contribution >= 4 is 34.1 Å². The molecule has 4 rings (SSSR count). The van der Waals surface area contributed by atoms with Crippen molar-refractivity contribution in [2.24, 2.45) is 0 Å². The number of nitrogens with zero attached hydrogens (tertiary/aromatic N) is 1. The minimum Gasteiger partial charge on any atom is -0.350 e. The Labute approximate surface area is 154 Å². The van der Waals surface area contributed by atoms with Crippen LogP contribution >= 0.6 is 0 Å². The van der Waals surface area contributed by atoms with Gasteiger partial charge < -0.3 is 15.2 Å². The van der Waals surface area contributed by atoms with E-state index in [9.17, 15) is 18.4 Å². The third-order valence-corrected chi connectivity index (χ3v) is 4.72. The Kier molecular flexibility index (Phi) is 4.14. The Bertz CT molecular complexity index is 1070. The zero-order valence-corrected chi connectivity index (χ0v) is 14.6. The second-order valence-electron chi connectivity index (χ2n) is 6.64. The SMILES string of the molecule is Cc1cc(F)cc2[nH]c(C(=O)Nc3ccc(N4CCCC4=O)c(F)c3)cc12. The number of carbonyl (C=O) groups is 2. The van der Waals surface area contributed by atoms with Crippen LogP contribution < -0.4 is 10.2 Å². The van der Waals surface area contributed by atoms with Gasteiger partial charge in [0.15, 0.2) is 0 Å². The fraction of sp³-hybridized carbons (Fsp3) is 0.200. The molecule has 0 atom stereocenters. The molecule has 0 unspecified atom stereocenters. The van der Waals surface area contributed by atoms with Crippen LogP contribution in [0.2, 0.25) is 0 Å². The first-order valence-corrected chi connectivity index (χ1v) is 8.62. The number of nitrogens with one attached hydrogen (secondary N) is 2. The molecule has 7 heteroatoms. The molecule has 3 aromatic rings. The Hall–Kier alpha value is -3.22. The maximum absolute atomic E-state index is 14.4. The molecule has 1 aliphatic heterocycles. The monoisotopic (exact) mass is 369 g/mol. The molecule has 27 heavy (non-hydrogen) atoms. The van der Waals surface area contributed by atoms with Crippen molar-refractivity contribution in [1.29, 1.82) is 0 Å². The molecule has 0 bridgehead atoms. The Morgan fingerprint density at radius 1 is 1.19 bits per heavy atom. The first kappa shape index (κ1) is 17.2. The summed E-state index contributed by atoms with van der Waals surface area (Å²) in [5, 5.41) is 3.36. The number of carbonyl (C=O) groups excluding carboxylic acids is 2. The molecule has 0 radical (unpaired) electrons. The molecule has 1 fully saturated rings. The zero-order valence-electron chi connectivity index (χ0n) is 14.6. The normalized spacial score (nSPS) is 14.2. The number of halogens is 2. The fourth-order valence-electron chi connectivity index (χ4n) is 3.40. The van der Waals surface area contributed by atoms with Gasteiger partial charge in [0.05, 0.1) is 5.69 Å². The number of H-pyrrole nitrogens is 1. The number of aromatic nitrogens is 1. The summed E-state index contributed by atoms with van der Waals surface area (Å²) in [7, 11) is 0. The average molecular weight is 369 g/mol. The molecule has 5 nitrogen and oxygen atoms in total. The molecule has 0 spiro atoms. The summed E-state index contributed by atoms with van der Waals surface area (Å²) in [6, 6.07) is 8.57. The van der Waals surface area contributed by atoms with Crippen molar-refractivity contribution in [3.05, 3.63) is 59.3 Å². The third kappa shape index (κ3) is 3.16. The smallest absolute Gasteiger partial charge is 0.272 e. The molecule has 1 aromatic heterocycles. The highest BCUT2D eigenvalue weighted by molar-refractivity contribution is 6.06. The van der Waals surface area contributed by atoms with Gasteiger partial charge in [0.2, 0.25) is 5.91 Å². The molecular weight excluding hydrogens is 352 g/mol. The number of aromatic amines is 1. The van der Waals surface area contributed by atoms with Crippen molar-refractivity contribution in [3.63, 3.8) is 0 Å². The number of hydrogen-bond donors (Lipinski definition) is 2. The molecule has 0 aliphatic carbocycles. The number of anilines is 2. The van der Waals surface area contributed by atoms with Crippen LogP contribution in [0.3, 0.4) is 0 Å². The molecule has 138 valence electrons. The standard InChI is InChI=1S/C20H17F2N3O2/c1-11-7-12(21)8-16-14(11)10-17(24-16)20(27)23-13-4-5-18(15(22)9-13)25-6-2-3-19(25)26/h4-5,7-10,24H,2-3,6H2,1H3,(H,23,27). The molecule has 2 amide bonds. The topological polar surface area (TPSA) is 65.2 Å². The number of amides is 2. The molecule has 1 aliphatic rings. The number of aryl methyl sites for hydroxylation is 1. The van der Waals surface area contributed by atoms with Crippen molar-refractivity contribution < 1.29 is 18.4 Å². The first-order valence-electron chi connectivity index (χ1n) is 8.62. The zero-order chi connectivity index (χ0) is 19.1. The van der Waals surface area contributed by atoms with Crippen LogP contribution in [0.1, 0.15) is 28.9 Å². The lowest BCUT2D eigenvalue weighted by molar-refractivity contribution is -0.117. The van der Waals surface area contributed by atoms with E-state index in [4.69, 9.17) is 0 Å². The molecule has 2 aromatic carbocycles. The van der Waals surface area contributed by atoms with Crippen LogP contribution in [0.4, 0.5) is 20.2 Å². The van der Waals surface area contributed by atoms with Gasteiger partial charge in [-0.1, -0.05) is 0 Å². The molecule has 1 saturated heterocycles. The lowest BCUT2D eigenvalue weighted by Gasteiger charge is -2.17. The largest absolute Gasteiger partial charge is 0.350 e. The maximum atomic E-state index is 14.4. The maximum Gasteiger partial charge on any atom is 0.272 e. The van der Waals surface area contributed by atoms with Gasteiger partial charge in [0.25, 0.3) is 5.91 Å². The summed E-state index contributed by atoms with van der Waals surface area (Å²) in [5.74, 6) is -1.53. The van der Waals surface area contributed by atoms with Crippen molar-refractivity contribution in [2.45, 2.75) is 19.8 Å². The van der Waals surface area contributed by atoms with E-state index in [-0.39, 0.29) is 28.8 Å². The van der Waals surface area contributed by atoms with Gasteiger partial charge in [-0.15, -0.1) is 0 Å². The number of hydrogen-bond acceptors (Lipinski definition) is 2. The molecule has 2 N–H and O–H groups in total. The van der Waals surface area contributed by atoms with Gasteiger partial charge in [-0.25, -0.2) is 8.78 Å². The average Bonchev–Trinajstić information content (AvgIpc) is 3.21. The second kappa shape index (κ2) is 6.50. The van der Waals surface area contributed by atoms with Crippen molar-refractivity contribution in [1.82, 2.24) is 4.98 Å². The second-order valence-corrected chi connectivity index (χ2v) is 6.64. The van der Waals surface area contributed by atoms with E-state index >= 15 is 0 Å². The Balaban J connectivity index is 1.57. The Morgan fingerprint density at radius 3 is 2.70 bits per heavy atom. The summed E-state index contributed by atoms with van der Waals surface area (Å²) >= 11 is 0. The van der Waals surface area contributed by atoms with Gasteiger partial charge in [0.1, 0.15) is 17.3 Å². The van der Waals surface area contributed by atoms with Gasteiger partial charge in [0, 0.05) is 29.6 Å². The highest BCUT2D eigenvalue weighted by atomic mass is 19.1. The predicted octanol–water partition coefficient (Wildman–Crippen LogP) is 4.13. The summed E-state index contributed by atoms with van der Waals surface area (Å²) in [6.45, 7) is 2.25. The molecular formula is C20H17F2N3O2. The summed E-state index contributed by atoms with van der Waals surface area (Å²) in [6.07, 6.45) is 1.12. The third-order valence-electron chi connectivity index (χ3n) is 4.72. The van der Waals surface area contributed by atoms with E-state index < -0.39 is 11.7 Å². The van der Waals surface area contributed by atoms with Crippen LogP contribution in [-0.2, 0) is 4.79 Å². The first-order chi connectivity index (χ1) is 12.9. The van der Waals surface area contributed by atoms with Crippen LogP contribution in [-0.4, -0.2) is 23.3 Å². The van der Waals surface area contributed by atoms with Gasteiger partial charge in [-0.3, -0.25) is 9.59 Å². The van der Waals surface area contributed by atoms with Crippen LogP contribution in [0.5, 0.6) is 0 Å². The minimum absolute atomic E-state index is 0.105. The van der Waals surface area contributed by atoms with E-state index in [1.165, 1.54) is 29.2 Å².